The van der Waals surface area contributed by atoms with Crippen molar-refractivity contribution in [3.63, 3.8) is 0 Å². The Bertz CT molecular complexity index is 568. The number of anilines is 1. The highest BCUT2D eigenvalue weighted by atomic mass is 35.5. The molecular formula is C13H18ClN3O2. The van der Waals surface area contributed by atoms with E-state index in [0.717, 1.165) is 17.5 Å². The number of carbonyl (C=O) groups excluding carboxylic acids is 1. The summed E-state index contributed by atoms with van der Waals surface area (Å²) in [5.74, 6) is 0.509. The second kappa shape index (κ2) is 6.54. The summed E-state index contributed by atoms with van der Waals surface area (Å²) in [6.07, 6.45) is 1.36. The average Bonchev–Trinajstić information content (AvgIpc) is 2.79. The lowest BCUT2D eigenvalue weighted by Crippen LogP contribution is -2.34. The number of rotatable bonds is 4. The average molecular weight is 284 g/mol. The number of oxazole rings is 1. The Labute approximate surface area is 118 Å². The van der Waals surface area contributed by atoms with Crippen molar-refractivity contribution >= 4 is 35.1 Å². The lowest BCUT2D eigenvalue weighted by Gasteiger charge is -2.09. The van der Waals surface area contributed by atoms with Crippen LogP contribution in [0.15, 0.2) is 22.6 Å². The number of amides is 1. The van der Waals surface area contributed by atoms with Crippen molar-refractivity contribution in [2.45, 2.75) is 32.7 Å². The molecule has 1 aromatic heterocycles. The summed E-state index contributed by atoms with van der Waals surface area (Å²) in [5.41, 5.74) is 7.82. The molecule has 104 valence electrons. The molecule has 0 aliphatic rings. The van der Waals surface area contributed by atoms with Gasteiger partial charge in [0, 0.05) is 12.1 Å². The summed E-state index contributed by atoms with van der Waals surface area (Å²) in [5, 5.41) is 2.77. The number of fused-ring (bicyclic) bond motifs is 1. The third kappa shape index (κ3) is 3.45. The van der Waals surface area contributed by atoms with Crippen LogP contribution < -0.4 is 11.1 Å². The molecule has 0 unspecified atom stereocenters. The normalized spacial score (nSPS) is 11.9. The molecule has 0 spiro atoms. The van der Waals surface area contributed by atoms with Crippen LogP contribution in [0.2, 0.25) is 0 Å². The minimum absolute atomic E-state index is 0. The monoisotopic (exact) mass is 283 g/mol. The third-order valence-electron chi connectivity index (χ3n) is 2.78. The van der Waals surface area contributed by atoms with Crippen LogP contribution in [0.1, 0.15) is 26.2 Å². The smallest absolute Gasteiger partial charge is 0.241 e. The number of benzene rings is 1. The molecule has 0 bridgehead atoms. The summed E-state index contributed by atoms with van der Waals surface area (Å²) in [4.78, 5) is 16.0. The number of hydrogen-bond acceptors (Lipinski definition) is 4. The van der Waals surface area contributed by atoms with Crippen molar-refractivity contribution in [3.8, 4) is 0 Å². The van der Waals surface area contributed by atoms with Gasteiger partial charge in [0.15, 0.2) is 11.5 Å². The van der Waals surface area contributed by atoms with Gasteiger partial charge < -0.3 is 15.5 Å². The minimum Gasteiger partial charge on any atom is -0.441 e. The predicted octanol–water partition coefficient (Wildman–Crippen LogP) is 2.49. The molecule has 6 heteroatoms. The van der Waals surface area contributed by atoms with E-state index in [1.807, 2.05) is 13.8 Å². The Balaban J connectivity index is 0.00000180. The van der Waals surface area contributed by atoms with Gasteiger partial charge in [0.2, 0.25) is 5.91 Å². The Morgan fingerprint density at radius 3 is 2.84 bits per heavy atom. The number of nitrogens with one attached hydrogen (secondary N) is 1. The van der Waals surface area contributed by atoms with E-state index >= 15 is 0 Å². The summed E-state index contributed by atoms with van der Waals surface area (Å²) in [6.45, 7) is 3.85. The molecule has 0 saturated carbocycles. The maximum Gasteiger partial charge on any atom is 0.241 e. The molecule has 0 saturated heterocycles. The van der Waals surface area contributed by atoms with Crippen LogP contribution in [0, 0.1) is 0 Å². The van der Waals surface area contributed by atoms with Gasteiger partial charge in [-0.3, -0.25) is 4.79 Å². The Morgan fingerprint density at radius 2 is 2.21 bits per heavy atom. The molecule has 1 heterocycles. The molecule has 1 aromatic carbocycles. The molecule has 2 aromatic rings. The van der Waals surface area contributed by atoms with Crippen molar-refractivity contribution in [1.82, 2.24) is 4.98 Å². The van der Waals surface area contributed by atoms with Gasteiger partial charge in [-0.2, -0.15) is 0 Å². The second-order valence-electron chi connectivity index (χ2n) is 4.15. The molecular weight excluding hydrogens is 266 g/mol. The lowest BCUT2D eigenvalue weighted by atomic mass is 10.2. The quantitative estimate of drug-likeness (QED) is 0.903. The number of nitrogens with zero attached hydrogens (tertiary/aromatic N) is 1. The van der Waals surface area contributed by atoms with Gasteiger partial charge >= 0.3 is 0 Å². The van der Waals surface area contributed by atoms with Gasteiger partial charge in [-0.25, -0.2) is 4.98 Å². The molecule has 5 nitrogen and oxygen atoms in total. The molecule has 0 aliphatic heterocycles. The SMILES string of the molecule is CCc1nc2cc(NC(=O)[C@@H](N)CC)ccc2o1.Cl. The maximum atomic E-state index is 11.7. The number of nitrogens with two attached hydrogens (primary N) is 1. The molecule has 0 radical (unpaired) electrons. The zero-order chi connectivity index (χ0) is 13.1. The van der Waals surface area contributed by atoms with Crippen molar-refractivity contribution in [1.29, 1.82) is 0 Å². The lowest BCUT2D eigenvalue weighted by molar-refractivity contribution is -0.117. The first-order chi connectivity index (χ1) is 8.63. The number of carbonyl (C=O) groups is 1. The van der Waals surface area contributed by atoms with E-state index < -0.39 is 6.04 Å². The molecule has 0 aliphatic carbocycles. The second-order valence-corrected chi connectivity index (χ2v) is 4.15. The van der Waals surface area contributed by atoms with Crippen molar-refractivity contribution in [2.24, 2.45) is 5.73 Å². The van der Waals surface area contributed by atoms with Crippen LogP contribution in [0.3, 0.4) is 0 Å². The highest BCUT2D eigenvalue weighted by molar-refractivity contribution is 5.96. The molecule has 3 N–H and O–H groups in total. The topological polar surface area (TPSA) is 81.2 Å². The van der Waals surface area contributed by atoms with E-state index in [0.29, 0.717) is 18.0 Å². The fourth-order valence-electron chi connectivity index (χ4n) is 1.62. The van der Waals surface area contributed by atoms with E-state index in [9.17, 15) is 4.79 Å². The Kier molecular flexibility index (Phi) is 5.32. The zero-order valence-electron chi connectivity index (χ0n) is 11.0. The van der Waals surface area contributed by atoms with Crippen molar-refractivity contribution in [2.75, 3.05) is 5.32 Å². The van der Waals surface area contributed by atoms with Gasteiger partial charge in [0.05, 0.1) is 6.04 Å². The Hall–Kier alpha value is -1.59. The highest BCUT2D eigenvalue weighted by Crippen LogP contribution is 2.20. The van der Waals surface area contributed by atoms with Crippen molar-refractivity contribution < 1.29 is 9.21 Å². The fraction of sp³-hybridized carbons (Fsp3) is 0.385. The van der Waals surface area contributed by atoms with Crippen LogP contribution in [0.4, 0.5) is 5.69 Å². The fourth-order valence-corrected chi connectivity index (χ4v) is 1.62. The first kappa shape index (κ1) is 15.5. The van der Waals surface area contributed by atoms with Gasteiger partial charge in [0.1, 0.15) is 5.52 Å². The molecule has 0 fully saturated rings. The van der Waals surface area contributed by atoms with E-state index in [4.69, 9.17) is 10.2 Å². The summed E-state index contributed by atoms with van der Waals surface area (Å²) >= 11 is 0. The number of aryl methyl sites for hydroxylation is 1. The van der Waals surface area contributed by atoms with Gasteiger partial charge in [-0.15, -0.1) is 12.4 Å². The third-order valence-corrected chi connectivity index (χ3v) is 2.78. The summed E-state index contributed by atoms with van der Waals surface area (Å²) in [7, 11) is 0. The number of aromatic nitrogens is 1. The first-order valence-electron chi connectivity index (χ1n) is 6.10. The van der Waals surface area contributed by atoms with Crippen LogP contribution >= 0.6 is 12.4 Å². The number of hydrogen-bond donors (Lipinski definition) is 2. The first-order valence-corrected chi connectivity index (χ1v) is 6.10. The molecule has 19 heavy (non-hydrogen) atoms. The zero-order valence-corrected chi connectivity index (χ0v) is 11.8. The van der Waals surface area contributed by atoms with E-state index in [-0.39, 0.29) is 18.3 Å². The van der Waals surface area contributed by atoms with Crippen molar-refractivity contribution in [3.05, 3.63) is 24.1 Å². The van der Waals surface area contributed by atoms with Crippen LogP contribution in [0.25, 0.3) is 11.1 Å². The molecule has 1 amide bonds. The van der Waals surface area contributed by atoms with Gasteiger partial charge in [0.25, 0.3) is 0 Å². The van der Waals surface area contributed by atoms with E-state index in [1.54, 1.807) is 18.2 Å². The minimum atomic E-state index is -0.482. The van der Waals surface area contributed by atoms with Crippen LogP contribution in [0.5, 0.6) is 0 Å². The highest BCUT2D eigenvalue weighted by Gasteiger charge is 2.12. The predicted molar refractivity (Wildman–Crippen MR) is 77.5 cm³/mol. The maximum absolute atomic E-state index is 11.7. The Morgan fingerprint density at radius 1 is 1.47 bits per heavy atom. The van der Waals surface area contributed by atoms with Crippen LogP contribution in [-0.2, 0) is 11.2 Å². The van der Waals surface area contributed by atoms with Gasteiger partial charge in [-0.1, -0.05) is 13.8 Å². The number of halogens is 1. The summed E-state index contributed by atoms with van der Waals surface area (Å²) < 4.78 is 5.50. The molecule has 1 atom stereocenters. The van der Waals surface area contributed by atoms with E-state index in [1.165, 1.54) is 0 Å². The summed E-state index contributed by atoms with van der Waals surface area (Å²) in [6, 6.07) is 4.89. The van der Waals surface area contributed by atoms with E-state index in [2.05, 4.69) is 10.3 Å². The standard InChI is InChI=1S/C13H17N3O2.ClH/c1-3-9(14)13(17)15-8-5-6-11-10(7-8)16-12(4-2)18-11;/h5-7,9H,3-4,14H2,1-2H3,(H,15,17);1H/t9-;/m0./s1. The van der Waals surface area contributed by atoms with Crippen LogP contribution in [-0.4, -0.2) is 16.9 Å². The largest absolute Gasteiger partial charge is 0.441 e. The van der Waals surface area contributed by atoms with Gasteiger partial charge in [-0.05, 0) is 24.6 Å². The molecule has 2 rings (SSSR count).